The van der Waals surface area contributed by atoms with Crippen molar-refractivity contribution in [2.45, 2.75) is 44.4 Å². The van der Waals surface area contributed by atoms with E-state index in [0.717, 1.165) is 24.8 Å². The topological polar surface area (TPSA) is 93.4 Å². The van der Waals surface area contributed by atoms with Crippen molar-refractivity contribution in [2.75, 3.05) is 12.3 Å². The van der Waals surface area contributed by atoms with Gasteiger partial charge in [-0.2, -0.15) is 0 Å². The Morgan fingerprint density at radius 3 is 2.76 bits per heavy atom. The van der Waals surface area contributed by atoms with E-state index in [0.29, 0.717) is 12.1 Å². The third-order valence-corrected chi connectivity index (χ3v) is 5.81. The summed E-state index contributed by atoms with van der Waals surface area (Å²) in [6.07, 6.45) is 2.85. The minimum Gasteiger partial charge on any atom is -0.408 e. The van der Waals surface area contributed by atoms with Crippen LogP contribution in [0.2, 0.25) is 0 Å². The standard InChI is InChI=1S/C17H21N3O4S/c1-12-7-3-4-9-14(12)16-18-19-17(24-16)25(22,23)11-15(21)20-10-6-5-8-13(20)2/h3-4,7,9,13H,5-6,8,10-11H2,1-2H3. The Balaban J connectivity index is 1.79. The number of sulfone groups is 1. The van der Waals surface area contributed by atoms with Gasteiger partial charge < -0.3 is 9.32 Å². The SMILES string of the molecule is Cc1ccccc1-c1nnc(S(=O)(=O)CC(=O)N2CCCCC2C)o1. The van der Waals surface area contributed by atoms with Gasteiger partial charge in [0.1, 0.15) is 5.75 Å². The van der Waals surface area contributed by atoms with E-state index in [9.17, 15) is 13.2 Å². The number of aryl methyl sites for hydroxylation is 1. The molecule has 1 aromatic heterocycles. The number of amides is 1. The molecule has 1 saturated heterocycles. The molecule has 8 heteroatoms. The molecule has 2 heterocycles. The summed E-state index contributed by atoms with van der Waals surface area (Å²) in [7, 11) is -3.96. The number of benzene rings is 1. The molecule has 25 heavy (non-hydrogen) atoms. The molecule has 0 bridgehead atoms. The molecule has 0 aliphatic carbocycles. The quantitative estimate of drug-likeness (QED) is 0.827. The van der Waals surface area contributed by atoms with Gasteiger partial charge in [0.15, 0.2) is 0 Å². The van der Waals surface area contributed by atoms with Crippen LogP contribution in [0.25, 0.3) is 11.5 Å². The van der Waals surface area contributed by atoms with Crippen LogP contribution in [-0.2, 0) is 14.6 Å². The van der Waals surface area contributed by atoms with Crippen LogP contribution in [0.5, 0.6) is 0 Å². The van der Waals surface area contributed by atoms with Gasteiger partial charge in [-0.1, -0.05) is 23.3 Å². The first kappa shape index (κ1) is 17.6. The van der Waals surface area contributed by atoms with E-state index in [-0.39, 0.29) is 11.9 Å². The Bertz CT molecular complexity index is 876. The fourth-order valence-electron chi connectivity index (χ4n) is 3.03. The number of hydrogen-bond donors (Lipinski definition) is 0. The predicted molar refractivity (Wildman–Crippen MR) is 91.5 cm³/mol. The van der Waals surface area contributed by atoms with E-state index in [1.54, 1.807) is 11.0 Å². The van der Waals surface area contributed by atoms with Crippen molar-refractivity contribution in [2.24, 2.45) is 0 Å². The predicted octanol–water partition coefficient (Wildman–Crippen LogP) is 2.22. The van der Waals surface area contributed by atoms with E-state index in [1.807, 2.05) is 32.0 Å². The Hall–Kier alpha value is -2.22. The maximum Gasteiger partial charge on any atom is 0.336 e. The fraction of sp³-hybridized carbons (Fsp3) is 0.471. The number of rotatable bonds is 4. The lowest BCUT2D eigenvalue weighted by molar-refractivity contribution is -0.131. The highest BCUT2D eigenvalue weighted by Gasteiger charge is 2.31. The number of likely N-dealkylation sites (tertiary alicyclic amines) is 1. The highest BCUT2D eigenvalue weighted by Crippen LogP contribution is 2.24. The van der Waals surface area contributed by atoms with Crippen LogP contribution in [-0.4, -0.2) is 47.8 Å². The molecule has 1 unspecified atom stereocenters. The lowest BCUT2D eigenvalue weighted by atomic mass is 10.0. The molecule has 134 valence electrons. The lowest BCUT2D eigenvalue weighted by Gasteiger charge is -2.33. The summed E-state index contributed by atoms with van der Waals surface area (Å²) in [5.74, 6) is -0.925. The van der Waals surface area contributed by atoms with Gasteiger partial charge in [0, 0.05) is 18.2 Å². The van der Waals surface area contributed by atoms with Gasteiger partial charge in [0.25, 0.3) is 0 Å². The maximum absolute atomic E-state index is 12.5. The molecule has 1 aromatic carbocycles. The minimum atomic E-state index is -3.96. The van der Waals surface area contributed by atoms with Crippen LogP contribution in [0.15, 0.2) is 33.9 Å². The molecule has 3 rings (SSSR count). The van der Waals surface area contributed by atoms with Gasteiger partial charge in [-0.05, 0) is 44.7 Å². The fourth-order valence-corrected chi connectivity index (χ4v) is 4.02. The zero-order valence-electron chi connectivity index (χ0n) is 14.3. The number of carbonyl (C=O) groups is 1. The van der Waals surface area contributed by atoms with Crippen LogP contribution >= 0.6 is 0 Å². The number of aromatic nitrogens is 2. The maximum atomic E-state index is 12.5. The van der Waals surface area contributed by atoms with Gasteiger partial charge in [-0.3, -0.25) is 4.79 Å². The van der Waals surface area contributed by atoms with E-state index >= 15 is 0 Å². The number of carbonyl (C=O) groups excluding carboxylic acids is 1. The Kier molecular flexibility index (Phi) is 4.89. The van der Waals surface area contributed by atoms with Crippen LogP contribution < -0.4 is 0 Å². The highest BCUT2D eigenvalue weighted by molar-refractivity contribution is 7.91. The first-order chi connectivity index (χ1) is 11.9. The van der Waals surface area contributed by atoms with E-state index in [1.165, 1.54) is 0 Å². The van der Waals surface area contributed by atoms with Crippen LogP contribution in [0.1, 0.15) is 31.7 Å². The summed E-state index contributed by atoms with van der Waals surface area (Å²) in [6, 6.07) is 7.38. The molecular weight excluding hydrogens is 342 g/mol. The summed E-state index contributed by atoms with van der Waals surface area (Å²) in [4.78, 5) is 14.0. The summed E-state index contributed by atoms with van der Waals surface area (Å²) in [5, 5.41) is 6.96. The van der Waals surface area contributed by atoms with E-state index < -0.39 is 26.7 Å². The zero-order chi connectivity index (χ0) is 18.0. The smallest absolute Gasteiger partial charge is 0.336 e. The average molecular weight is 363 g/mol. The molecule has 1 aliphatic heterocycles. The number of piperidine rings is 1. The van der Waals surface area contributed by atoms with Gasteiger partial charge in [-0.15, -0.1) is 5.10 Å². The second-order valence-electron chi connectivity index (χ2n) is 6.38. The van der Waals surface area contributed by atoms with E-state index in [2.05, 4.69) is 10.2 Å². The zero-order valence-corrected chi connectivity index (χ0v) is 15.1. The molecule has 1 atom stereocenters. The van der Waals surface area contributed by atoms with Crippen molar-refractivity contribution in [1.29, 1.82) is 0 Å². The summed E-state index contributed by atoms with van der Waals surface area (Å²) >= 11 is 0. The average Bonchev–Trinajstić information content (AvgIpc) is 3.06. The summed E-state index contributed by atoms with van der Waals surface area (Å²) in [6.45, 7) is 4.40. The molecule has 1 amide bonds. The Morgan fingerprint density at radius 1 is 1.28 bits per heavy atom. The van der Waals surface area contributed by atoms with Crippen LogP contribution in [0.3, 0.4) is 0 Å². The Morgan fingerprint density at radius 2 is 2.04 bits per heavy atom. The Labute approximate surface area is 147 Å². The summed E-state index contributed by atoms with van der Waals surface area (Å²) in [5.41, 5.74) is 1.57. The molecule has 0 radical (unpaired) electrons. The van der Waals surface area contributed by atoms with Crippen LogP contribution in [0.4, 0.5) is 0 Å². The third-order valence-electron chi connectivity index (χ3n) is 4.48. The van der Waals surface area contributed by atoms with Gasteiger partial charge in [0.05, 0.1) is 0 Å². The normalized spacial score (nSPS) is 18.3. The second kappa shape index (κ2) is 6.95. The first-order valence-corrected chi connectivity index (χ1v) is 9.95. The third kappa shape index (κ3) is 3.73. The molecule has 7 nitrogen and oxygen atoms in total. The van der Waals surface area contributed by atoms with Crippen LogP contribution in [0, 0.1) is 6.92 Å². The second-order valence-corrected chi connectivity index (χ2v) is 8.25. The first-order valence-electron chi connectivity index (χ1n) is 8.30. The molecule has 0 N–H and O–H groups in total. The van der Waals surface area contributed by atoms with E-state index in [4.69, 9.17) is 4.42 Å². The largest absolute Gasteiger partial charge is 0.408 e. The van der Waals surface area contributed by atoms with Crippen molar-refractivity contribution in [3.63, 3.8) is 0 Å². The van der Waals surface area contributed by atoms with Gasteiger partial charge >= 0.3 is 5.22 Å². The molecule has 0 spiro atoms. The highest BCUT2D eigenvalue weighted by atomic mass is 32.2. The van der Waals surface area contributed by atoms with Crippen molar-refractivity contribution in [3.05, 3.63) is 29.8 Å². The minimum absolute atomic E-state index is 0.0571. The van der Waals surface area contributed by atoms with Crippen molar-refractivity contribution >= 4 is 15.7 Å². The molecule has 2 aromatic rings. The van der Waals surface area contributed by atoms with Crippen molar-refractivity contribution in [3.8, 4) is 11.5 Å². The number of nitrogens with zero attached hydrogens (tertiary/aromatic N) is 3. The summed E-state index contributed by atoms with van der Waals surface area (Å²) < 4.78 is 30.3. The lowest BCUT2D eigenvalue weighted by Crippen LogP contribution is -2.44. The molecular formula is C17H21N3O4S. The van der Waals surface area contributed by atoms with Crippen molar-refractivity contribution < 1.29 is 17.6 Å². The monoisotopic (exact) mass is 363 g/mol. The van der Waals surface area contributed by atoms with Gasteiger partial charge in [0.2, 0.25) is 21.6 Å². The number of hydrogen-bond acceptors (Lipinski definition) is 6. The molecule has 1 aliphatic rings. The van der Waals surface area contributed by atoms with Gasteiger partial charge in [-0.25, -0.2) is 8.42 Å². The molecule has 1 fully saturated rings. The molecule has 0 saturated carbocycles. The van der Waals surface area contributed by atoms with Crippen molar-refractivity contribution in [1.82, 2.24) is 15.1 Å².